The van der Waals surface area contributed by atoms with Crippen LogP contribution in [-0.2, 0) is 9.59 Å². The third kappa shape index (κ3) is 8.59. The van der Waals surface area contributed by atoms with Crippen molar-refractivity contribution >= 4 is 11.8 Å². The minimum atomic E-state index is -0.166. The Labute approximate surface area is 116 Å². The fourth-order valence-corrected chi connectivity index (χ4v) is 1.74. The average Bonchev–Trinajstić information content (AvgIpc) is 2.29. The van der Waals surface area contributed by atoms with Gasteiger partial charge in [0.05, 0.1) is 5.92 Å². The lowest BCUT2D eigenvalue weighted by Crippen LogP contribution is -2.41. The molecule has 0 aromatic rings. The summed E-state index contributed by atoms with van der Waals surface area (Å²) < 4.78 is 0. The summed E-state index contributed by atoms with van der Waals surface area (Å²) in [4.78, 5) is 23.2. The van der Waals surface area contributed by atoms with Gasteiger partial charge in [0.1, 0.15) is 0 Å². The van der Waals surface area contributed by atoms with Gasteiger partial charge >= 0.3 is 0 Å². The number of carbonyl (C=O) groups is 2. The van der Waals surface area contributed by atoms with Crippen molar-refractivity contribution in [1.82, 2.24) is 10.6 Å². The molecule has 0 aliphatic heterocycles. The van der Waals surface area contributed by atoms with Crippen molar-refractivity contribution in [3.63, 3.8) is 0 Å². The van der Waals surface area contributed by atoms with Crippen molar-refractivity contribution in [2.45, 2.75) is 41.0 Å². The Morgan fingerprint density at radius 2 is 1.53 bits per heavy atom. The van der Waals surface area contributed by atoms with E-state index in [1.165, 1.54) is 0 Å². The van der Waals surface area contributed by atoms with Crippen LogP contribution in [0, 0.1) is 17.3 Å². The smallest absolute Gasteiger partial charge is 0.224 e. The number of nitrogens with one attached hydrogen (secondary N) is 2. The molecule has 0 rings (SSSR count). The third-order valence-corrected chi connectivity index (χ3v) is 2.76. The Kier molecular flexibility index (Phi) is 7.68. The lowest BCUT2D eigenvalue weighted by atomic mass is 9.84. The maximum absolute atomic E-state index is 11.9. The standard InChI is InChI=1S/C14H29N3O2/c1-10(2)12(18)16-6-7-17-13(19)11(9-15)8-14(3,4)5/h10-11H,6-9,15H2,1-5H3,(H,16,18)(H,17,19). The SMILES string of the molecule is CC(C)C(=O)NCCNC(=O)C(CN)CC(C)(C)C. The molecule has 0 saturated heterocycles. The molecule has 1 atom stereocenters. The molecule has 0 aliphatic rings. The van der Waals surface area contributed by atoms with E-state index in [-0.39, 0.29) is 29.1 Å². The predicted molar refractivity (Wildman–Crippen MR) is 77.5 cm³/mol. The van der Waals surface area contributed by atoms with Gasteiger partial charge in [-0.15, -0.1) is 0 Å². The molecule has 1 unspecified atom stereocenters. The summed E-state index contributed by atoms with van der Waals surface area (Å²) in [6.45, 7) is 11.2. The first-order chi connectivity index (χ1) is 8.67. The first-order valence-electron chi connectivity index (χ1n) is 6.93. The highest BCUT2D eigenvalue weighted by atomic mass is 16.2. The highest BCUT2D eigenvalue weighted by Crippen LogP contribution is 2.23. The molecule has 2 amide bonds. The molecule has 0 aliphatic carbocycles. The summed E-state index contributed by atoms with van der Waals surface area (Å²) in [6.07, 6.45) is 0.758. The van der Waals surface area contributed by atoms with Crippen LogP contribution in [0.2, 0.25) is 0 Å². The number of hydrogen-bond donors (Lipinski definition) is 3. The fraction of sp³-hybridized carbons (Fsp3) is 0.857. The van der Waals surface area contributed by atoms with Crippen LogP contribution in [0.3, 0.4) is 0 Å². The van der Waals surface area contributed by atoms with Crippen molar-refractivity contribution < 1.29 is 9.59 Å². The summed E-state index contributed by atoms with van der Waals surface area (Å²) >= 11 is 0. The van der Waals surface area contributed by atoms with Crippen LogP contribution in [0.15, 0.2) is 0 Å². The van der Waals surface area contributed by atoms with Crippen LogP contribution in [0.4, 0.5) is 0 Å². The van der Waals surface area contributed by atoms with Gasteiger partial charge in [-0.3, -0.25) is 9.59 Å². The molecule has 0 bridgehead atoms. The summed E-state index contributed by atoms with van der Waals surface area (Å²) in [5.74, 6) is -0.232. The Balaban J connectivity index is 3.99. The van der Waals surface area contributed by atoms with Crippen LogP contribution < -0.4 is 16.4 Å². The molecule has 5 nitrogen and oxygen atoms in total. The minimum Gasteiger partial charge on any atom is -0.354 e. The zero-order valence-corrected chi connectivity index (χ0v) is 12.9. The first kappa shape index (κ1) is 17.9. The maximum Gasteiger partial charge on any atom is 0.224 e. The van der Waals surface area contributed by atoms with E-state index >= 15 is 0 Å². The summed E-state index contributed by atoms with van der Waals surface area (Å²) in [7, 11) is 0. The van der Waals surface area contributed by atoms with Crippen LogP contribution in [0.5, 0.6) is 0 Å². The number of carbonyl (C=O) groups excluding carboxylic acids is 2. The van der Waals surface area contributed by atoms with Crippen LogP contribution in [0.25, 0.3) is 0 Å². The summed E-state index contributed by atoms with van der Waals surface area (Å²) in [5.41, 5.74) is 5.72. The van der Waals surface area contributed by atoms with E-state index in [1.54, 1.807) is 0 Å². The Morgan fingerprint density at radius 1 is 1.05 bits per heavy atom. The van der Waals surface area contributed by atoms with E-state index in [2.05, 4.69) is 31.4 Å². The average molecular weight is 271 g/mol. The third-order valence-electron chi connectivity index (χ3n) is 2.76. The highest BCUT2D eigenvalue weighted by Gasteiger charge is 2.23. The van der Waals surface area contributed by atoms with E-state index in [1.807, 2.05) is 13.8 Å². The van der Waals surface area contributed by atoms with Crippen molar-refractivity contribution in [3.05, 3.63) is 0 Å². The van der Waals surface area contributed by atoms with Gasteiger partial charge in [-0.25, -0.2) is 0 Å². The van der Waals surface area contributed by atoms with E-state index in [0.29, 0.717) is 19.6 Å². The number of hydrogen-bond acceptors (Lipinski definition) is 3. The molecule has 0 radical (unpaired) electrons. The largest absolute Gasteiger partial charge is 0.354 e. The van der Waals surface area contributed by atoms with E-state index in [0.717, 1.165) is 6.42 Å². The molecule has 112 valence electrons. The second-order valence-corrected chi connectivity index (χ2v) is 6.43. The van der Waals surface area contributed by atoms with Crippen molar-refractivity contribution in [3.8, 4) is 0 Å². The Morgan fingerprint density at radius 3 is 1.89 bits per heavy atom. The topological polar surface area (TPSA) is 84.2 Å². The fourth-order valence-electron chi connectivity index (χ4n) is 1.74. The van der Waals surface area contributed by atoms with Gasteiger partial charge in [0.25, 0.3) is 0 Å². The molecule has 0 saturated carbocycles. The summed E-state index contributed by atoms with van der Waals surface area (Å²) in [5, 5.41) is 5.57. The van der Waals surface area contributed by atoms with Crippen molar-refractivity contribution in [2.24, 2.45) is 23.0 Å². The predicted octanol–water partition coefficient (Wildman–Crippen LogP) is 0.886. The minimum absolute atomic E-state index is 0.000634. The zero-order chi connectivity index (χ0) is 15.1. The van der Waals surface area contributed by atoms with Crippen molar-refractivity contribution in [2.75, 3.05) is 19.6 Å². The highest BCUT2D eigenvalue weighted by molar-refractivity contribution is 5.79. The van der Waals surface area contributed by atoms with Crippen LogP contribution >= 0.6 is 0 Å². The molecule has 0 heterocycles. The second-order valence-electron chi connectivity index (χ2n) is 6.43. The van der Waals surface area contributed by atoms with Gasteiger partial charge in [0, 0.05) is 25.6 Å². The quantitative estimate of drug-likeness (QED) is 0.601. The molecule has 5 heteroatoms. The molecule has 0 fully saturated rings. The molecule has 4 N–H and O–H groups in total. The number of rotatable bonds is 7. The van der Waals surface area contributed by atoms with Gasteiger partial charge in [-0.05, 0) is 11.8 Å². The Hall–Kier alpha value is -1.10. The molecule has 0 aromatic heterocycles. The number of amides is 2. The lowest BCUT2D eigenvalue weighted by Gasteiger charge is -2.24. The van der Waals surface area contributed by atoms with E-state index in [9.17, 15) is 9.59 Å². The van der Waals surface area contributed by atoms with E-state index < -0.39 is 0 Å². The normalized spacial score (nSPS) is 13.2. The molecule has 19 heavy (non-hydrogen) atoms. The molecule has 0 spiro atoms. The molecular formula is C14H29N3O2. The molecular weight excluding hydrogens is 242 g/mol. The Bertz CT molecular complexity index is 296. The van der Waals surface area contributed by atoms with Crippen LogP contribution in [-0.4, -0.2) is 31.4 Å². The van der Waals surface area contributed by atoms with Crippen molar-refractivity contribution in [1.29, 1.82) is 0 Å². The zero-order valence-electron chi connectivity index (χ0n) is 12.9. The van der Waals surface area contributed by atoms with Gasteiger partial charge in [-0.2, -0.15) is 0 Å². The molecule has 0 aromatic carbocycles. The number of nitrogens with two attached hydrogens (primary N) is 1. The monoisotopic (exact) mass is 271 g/mol. The van der Waals surface area contributed by atoms with Gasteiger partial charge in [-0.1, -0.05) is 34.6 Å². The second kappa shape index (κ2) is 8.15. The van der Waals surface area contributed by atoms with Gasteiger partial charge < -0.3 is 16.4 Å². The van der Waals surface area contributed by atoms with Gasteiger partial charge in [0.15, 0.2) is 0 Å². The van der Waals surface area contributed by atoms with Crippen LogP contribution in [0.1, 0.15) is 41.0 Å². The van der Waals surface area contributed by atoms with Gasteiger partial charge in [0.2, 0.25) is 11.8 Å². The van der Waals surface area contributed by atoms with E-state index in [4.69, 9.17) is 5.73 Å². The summed E-state index contributed by atoms with van der Waals surface area (Å²) in [6, 6.07) is 0. The maximum atomic E-state index is 11.9. The lowest BCUT2D eigenvalue weighted by molar-refractivity contribution is -0.126. The first-order valence-corrected chi connectivity index (χ1v) is 6.93.